The lowest BCUT2D eigenvalue weighted by atomic mass is 9.85. The van der Waals surface area contributed by atoms with Crippen molar-refractivity contribution in [3.8, 4) is 0 Å². The molecule has 1 heterocycles. The molecule has 1 amide bonds. The van der Waals surface area contributed by atoms with Crippen LogP contribution in [-0.2, 0) is 11.2 Å². The topological polar surface area (TPSA) is 78.4 Å². The van der Waals surface area contributed by atoms with Gasteiger partial charge in [0, 0.05) is 43.0 Å². The van der Waals surface area contributed by atoms with E-state index >= 15 is 0 Å². The molecule has 0 aliphatic heterocycles. The Kier molecular flexibility index (Phi) is 9.47. The maximum absolute atomic E-state index is 12.4. The van der Waals surface area contributed by atoms with Crippen LogP contribution in [0, 0.1) is 12.8 Å². The molecule has 7 heteroatoms. The molecule has 2 saturated carbocycles. The number of carbonyl (C=O) groups excluding carboxylic acids is 1. The SMILES string of the molecule is CCNC(=NCCc1ccc(C)nc1)NC1CCCC(C(=O)NC2CC2)C1.I. The molecule has 2 unspecified atom stereocenters. The van der Waals surface area contributed by atoms with E-state index in [0.717, 1.165) is 69.7 Å². The number of carbonyl (C=O) groups is 1. The maximum Gasteiger partial charge on any atom is 0.223 e. The third-order valence-electron chi connectivity index (χ3n) is 5.30. The van der Waals surface area contributed by atoms with Gasteiger partial charge in [0.05, 0.1) is 0 Å². The first-order valence-electron chi connectivity index (χ1n) is 10.4. The number of aromatic nitrogens is 1. The highest BCUT2D eigenvalue weighted by molar-refractivity contribution is 14.0. The van der Waals surface area contributed by atoms with E-state index in [-0.39, 0.29) is 35.8 Å². The van der Waals surface area contributed by atoms with Gasteiger partial charge in [0.2, 0.25) is 5.91 Å². The summed E-state index contributed by atoms with van der Waals surface area (Å²) in [5.41, 5.74) is 2.24. The minimum Gasteiger partial charge on any atom is -0.357 e. The molecule has 3 N–H and O–H groups in total. The van der Waals surface area contributed by atoms with Gasteiger partial charge in [0.1, 0.15) is 0 Å². The Morgan fingerprint density at radius 3 is 2.68 bits per heavy atom. The summed E-state index contributed by atoms with van der Waals surface area (Å²) >= 11 is 0. The molecular weight excluding hydrogens is 465 g/mol. The van der Waals surface area contributed by atoms with Crippen LogP contribution in [0.15, 0.2) is 23.3 Å². The third-order valence-corrected chi connectivity index (χ3v) is 5.30. The molecule has 2 aliphatic rings. The van der Waals surface area contributed by atoms with Crippen LogP contribution in [0.1, 0.15) is 56.7 Å². The molecule has 1 aromatic rings. The van der Waals surface area contributed by atoms with Gasteiger partial charge in [-0.15, -0.1) is 24.0 Å². The third kappa shape index (κ3) is 7.56. The van der Waals surface area contributed by atoms with Crippen molar-refractivity contribution in [3.05, 3.63) is 29.6 Å². The fourth-order valence-corrected chi connectivity index (χ4v) is 3.56. The standard InChI is InChI=1S/C21H33N5O.HI/c1-3-22-21(23-12-11-16-8-7-15(2)24-14-16)26-19-6-4-5-17(13-19)20(27)25-18-9-10-18;/h7-8,14,17-19H,3-6,9-13H2,1-2H3,(H,25,27)(H2,22,23,26);1H. The molecule has 28 heavy (non-hydrogen) atoms. The zero-order valence-corrected chi connectivity index (χ0v) is 19.4. The van der Waals surface area contributed by atoms with E-state index in [9.17, 15) is 4.79 Å². The molecule has 6 nitrogen and oxygen atoms in total. The summed E-state index contributed by atoms with van der Waals surface area (Å²) in [6.07, 6.45) is 9.18. The number of hydrogen-bond donors (Lipinski definition) is 3. The van der Waals surface area contributed by atoms with Gasteiger partial charge < -0.3 is 16.0 Å². The summed E-state index contributed by atoms with van der Waals surface area (Å²) in [5.74, 6) is 1.24. The van der Waals surface area contributed by atoms with E-state index in [2.05, 4.69) is 33.9 Å². The number of hydrogen-bond acceptors (Lipinski definition) is 3. The van der Waals surface area contributed by atoms with E-state index in [0.29, 0.717) is 12.1 Å². The van der Waals surface area contributed by atoms with Crippen LogP contribution in [0.2, 0.25) is 0 Å². The van der Waals surface area contributed by atoms with E-state index in [1.54, 1.807) is 0 Å². The Morgan fingerprint density at radius 2 is 2.00 bits per heavy atom. The Morgan fingerprint density at radius 1 is 1.18 bits per heavy atom. The molecule has 156 valence electrons. The molecule has 0 spiro atoms. The van der Waals surface area contributed by atoms with E-state index in [1.807, 2.05) is 19.2 Å². The highest BCUT2D eigenvalue weighted by Crippen LogP contribution is 2.26. The Labute approximate surface area is 185 Å². The summed E-state index contributed by atoms with van der Waals surface area (Å²) in [6, 6.07) is 4.91. The smallest absolute Gasteiger partial charge is 0.223 e. The van der Waals surface area contributed by atoms with Crippen molar-refractivity contribution in [3.63, 3.8) is 0 Å². The maximum atomic E-state index is 12.4. The molecule has 2 fully saturated rings. The van der Waals surface area contributed by atoms with Gasteiger partial charge in [0.25, 0.3) is 0 Å². The van der Waals surface area contributed by atoms with Gasteiger partial charge in [-0.3, -0.25) is 14.8 Å². The fourth-order valence-electron chi connectivity index (χ4n) is 3.56. The lowest BCUT2D eigenvalue weighted by Crippen LogP contribution is -2.47. The first-order valence-corrected chi connectivity index (χ1v) is 10.4. The Bertz CT molecular complexity index is 645. The minimum atomic E-state index is 0. The van der Waals surface area contributed by atoms with Crippen molar-refractivity contribution in [2.24, 2.45) is 10.9 Å². The summed E-state index contributed by atoms with van der Waals surface area (Å²) in [7, 11) is 0. The van der Waals surface area contributed by atoms with Crippen LogP contribution in [0.5, 0.6) is 0 Å². The highest BCUT2D eigenvalue weighted by atomic mass is 127. The van der Waals surface area contributed by atoms with E-state index < -0.39 is 0 Å². The number of aryl methyl sites for hydroxylation is 1. The first-order chi connectivity index (χ1) is 13.1. The predicted octanol–water partition coefficient (Wildman–Crippen LogP) is 2.94. The lowest BCUT2D eigenvalue weighted by molar-refractivity contribution is -0.126. The predicted molar refractivity (Wildman–Crippen MR) is 124 cm³/mol. The number of amides is 1. The Balaban J connectivity index is 0.00000280. The summed E-state index contributed by atoms with van der Waals surface area (Å²) in [6.45, 7) is 5.62. The van der Waals surface area contributed by atoms with Gasteiger partial charge in [-0.2, -0.15) is 0 Å². The molecule has 0 saturated heterocycles. The number of pyridine rings is 1. The number of nitrogens with one attached hydrogen (secondary N) is 3. The van der Waals surface area contributed by atoms with Crippen molar-refractivity contribution in [2.75, 3.05) is 13.1 Å². The molecule has 3 rings (SSSR count). The zero-order valence-electron chi connectivity index (χ0n) is 17.0. The van der Waals surface area contributed by atoms with Crippen LogP contribution >= 0.6 is 24.0 Å². The highest BCUT2D eigenvalue weighted by Gasteiger charge is 2.31. The van der Waals surface area contributed by atoms with Gasteiger partial charge in [-0.05, 0) is 64.0 Å². The first kappa shape index (κ1) is 22.9. The lowest BCUT2D eigenvalue weighted by Gasteiger charge is -2.30. The largest absolute Gasteiger partial charge is 0.357 e. The van der Waals surface area contributed by atoms with E-state index in [1.165, 1.54) is 5.56 Å². The average Bonchev–Trinajstić information content (AvgIpc) is 3.48. The Hall–Kier alpha value is -1.38. The van der Waals surface area contributed by atoms with Gasteiger partial charge >= 0.3 is 0 Å². The van der Waals surface area contributed by atoms with Crippen molar-refractivity contribution in [1.82, 2.24) is 20.9 Å². The van der Waals surface area contributed by atoms with Crippen LogP contribution in [0.25, 0.3) is 0 Å². The van der Waals surface area contributed by atoms with Crippen molar-refractivity contribution in [2.45, 2.75) is 70.9 Å². The van der Waals surface area contributed by atoms with Crippen molar-refractivity contribution < 1.29 is 4.79 Å². The second-order valence-electron chi connectivity index (χ2n) is 7.81. The quantitative estimate of drug-likeness (QED) is 0.306. The second kappa shape index (κ2) is 11.6. The fraction of sp³-hybridized carbons (Fsp3) is 0.667. The normalized spacial score (nSPS) is 22.1. The van der Waals surface area contributed by atoms with Crippen LogP contribution in [-0.4, -0.2) is 42.0 Å². The number of guanidine groups is 1. The monoisotopic (exact) mass is 499 g/mol. The number of halogens is 1. The average molecular weight is 499 g/mol. The summed E-state index contributed by atoms with van der Waals surface area (Å²) < 4.78 is 0. The van der Waals surface area contributed by atoms with Crippen LogP contribution < -0.4 is 16.0 Å². The summed E-state index contributed by atoms with van der Waals surface area (Å²) in [5, 5.41) is 10.0. The van der Waals surface area contributed by atoms with Crippen molar-refractivity contribution in [1.29, 1.82) is 0 Å². The molecule has 2 aliphatic carbocycles. The van der Waals surface area contributed by atoms with Gasteiger partial charge in [-0.25, -0.2) is 0 Å². The van der Waals surface area contributed by atoms with Crippen LogP contribution in [0.3, 0.4) is 0 Å². The zero-order chi connectivity index (χ0) is 19.1. The van der Waals surface area contributed by atoms with Crippen molar-refractivity contribution >= 4 is 35.8 Å². The van der Waals surface area contributed by atoms with Gasteiger partial charge in [-0.1, -0.05) is 12.5 Å². The number of nitrogens with zero attached hydrogens (tertiary/aromatic N) is 2. The molecule has 0 bridgehead atoms. The number of rotatable bonds is 7. The number of aliphatic imine (C=N–C) groups is 1. The molecular formula is C21H34IN5O. The van der Waals surface area contributed by atoms with Gasteiger partial charge in [0.15, 0.2) is 5.96 Å². The summed E-state index contributed by atoms with van der Waals surface area (Å²) in [4.78, 5) is 21.4. The second-order valence-corrected chi connectivity index (χ2v) is 7.81. The van der Waals surface area contributed by atoms with E-state index in [4.69, 9.17) is 4.99 Å². The molecule has 0 aromatic carbocycles. The molecule has 1 aromatic heterocycles. The molecule has 0 radical (unpaired) electrons. The van der Waals surface area contributed by atoms with Crippen LogP contribution in [0.4, 0.5) is 0 Å². The minimum absolute atomic E-state index is 0. The molecule has 2 atom stereocenters.